The molecule has 0 N–H and O–H groups in total. The summed E-state index contributed by atoms with van der Waals surface area (Å²) < 4.78 is 0. The second kappa shape index (κ2) is 6.31. The summed E-state index contributed by atoms with van der Waals surface area (Å²) in [5, 5.41) is 0. The minimum Gasteiger partial charge on any atom is -0.341 e. The van der Waals surface area contributed by atoms with E-state index in [1.807, 2.05) is 18.2 Å². The van der Waals surface area contributed by atoms with Gasteiger partial charge in [-0.3, -0.25) is 4.79 Å². The van der Waals surface area contributed by atoms with Gasteiger partial charge in [0.25, 0.3) is 0 Å². The first kappa shape index (κ1) is 13.5. The molecule has 0 radical (unpaired) electrons. The summed E-state index contributed by atoms with van der Waals surface area (Å²) in [5.74, 6) is 0.762. The van der Waals surface area contributed by atoms with Crippen molar-refractivity contribution in [3.63, 3.8) is 0 Å². The van der Waals surface area contributed by atoms with Gasteiger partial charge in [-0.1, -0.05) is 30.3 Å². The predicted molar refractivity (Wildman–Crippen MR) is 83.3 cm³/mol. The fourth-order valence-corrected chi connectivity index (χ4v) is 2.37. The lowest BCUT2D eigenvalue weighted by molar-refractivity contribution is 0.104. The molecule has 0 saturated carbocycles. The predicted octanol–water partition coefficient (Wildman–Crippen LogP) is 2.97. The molecule has 1 aromatic heterocycles. The van der Waals surface area contributed by atoms with Crippen molar-refractivity contribution in [3.05, 3.63) is 59.9 Å². The zero-order valence-electron chi connectivity index (χ0n) is 11.8. The minimum absolute atomic E-state index is 0.0146. The van der Waals surface area contributed by atoms with Crippen LogP contribution in [0, 0.1) is 0 Å². The molecule has 1 saturated heterocycles. The number of benzene rings is 1. The maximum absolute atomic E-state index is 12.0. The zero-order valence-corrected chi connectivity index (χ0v) is 11.8. The van der Waals surface area contributed by atoms with Gasteiger partial charge < -0.3 is 4.90 Å². The van der Waals surface area contributed by atoms with Crippen LogP contribution in [-0.2, 0) is 0 Å². The Morgan fingerprint density at radius 2 is 1.71 bits per heavy atom. The number of nitrogens with zero attached hydrogens (tertiary/aromatic N) is 3. The van der Waals surface area contributed by atoms with Gasteiger partial charge in [0.05, 0.1) is 0 Å². The largest absolute Gasteiger partial charge is 0.341 e. The number of rotatable bonds is 4. The molecule has 0 atom stereocenters. The van der Waals surface area contributed by atoms with Gasteiger partial charge in [-0.25, -0.2) is 9.97 Å². The van der Waals surface area contributed by atoms with E-state index in [9.17, 15) is 4.79 Å². The molecule has 0 spiro atoms. The van der Waals surface area contributed by atoms with Gasteiger partial charge in [-0.15, -0.1) is 0 Å². The van der Waals surface area contributed by atoms with Crippen LogP contribution in [0.15, 0.2) is 48.8 Å². The van der Waals surface area contributed by atoms with Gasteiger partial charge in [-0.05, 0) is 25.0 Å². The van der Waals surface area contributed by atoms with Crippen LogP contribution in [0.1, 0.15) is 28.8 Å². The number of allylic oxidation sites excluding steroid dienone is 1. The quantitative estimate of drug-likeness (QED) is 0.637. The molecular weight excluding hydrogens is 262 g/mol. The lowest BCUT2D eigenvalue weighted by Gasteiger charge is -2.14. The van der Waals surface area contributed by atoms with E-state index in [1.165, 1.54) is 12.8 Å². The van der Waals surface area contributed by atoms with Crippen molar-refractivity contribution in [1.82, 2.24) is 9.97 Å². The number of ketones is 1. The Morgan fingerprint density at radius 3 is 2.38 bits per heavy atom. The number of carbonyl (C=O) groups is 1. The Hall–Kier alpha value is -2.49. The van der Waals surface area contributed by atoms with Crippen LogP contribution in [0.2, 0.25) is 0 Å². The molecule has 0 amide bonds. The Balaban J connectivity index is 1.67. The molecule has 1 aliphatic heterocycles. The van der Waals surface area contributed by atoms with Crippen molar-refractivity contribution in [2.75, 3.05) is 18.0 Å². The summed E-state index contributed by atoms with van der Waals surface area (Å²) >= 11 is 0. The van der Waals surface area contributed by atoms with Crippen LogP contribution >= 0.6 is 0 Å². The Morgan fingerprint density at radius 1 is 1.05 bits per heavy atom. The highest BCUT2D eigenvalue weighted by Gasteiger charge is 2.13. The Kier molecular flexibility index (Phi) is 4.05. The van der Waals surface area contributed by atoms with Gasteiger partial charge in [0.2, 0.25) is 5.95 Å². The normalized spacial score (nSPS) is 14.8. The molecular formula is C17H17N3O. The van der Waals surface area contributed by atoms with Gasteiger partial charge in [0, 0.05) is 36.6 Å². The highest BCUT2D eigenvalue weighted by atomic mass is 16.1. The van der Waals surface area contributed by atoms with Crippen molar-refractivity contribution >= 4 is 17.8 Å². The molecule has 2 aromatic rings. The van der Waals surface area contributed by atoms with Crippen molar-refractivity contribution in [2.45, 2.75) is 12.8 Å². The average molecular weight is 279 g/mol. The third-order valence-corrected chi connectivity index (χ3v) is 3.53. The van der Waals surface area contributed by atoms with Crippen molar-refractivity contribution < 1.29 is 4.79 Å². The summed E-state index contributed by atoms with van der Waals surface area (Å²) in [6.07, 6.45) is 9.24. The van der Waals surface area contributed by atoms with E-state index < -0.39 is 0 Å². The van der Waals surface area contributed by atoms with E-state index in [0.29, 0.717) is 5.56 Å². The van der Waals surface area contributed by atoms with E-state index in [1.54, 1.807) is 36.7 Å². The molecule has 106 valence electrons. The first-order valence-corrected chi connectivity index (χ1v) is 7.17. The third-order valence-electron chi connectivity index (χ3n) is 3.53. The van der Waals surface area contributed by atoms with Crippen LogP contribution < -0.4 is 4.90 Å². The van der Waals surface area contributed by atoms with Gasteiger partial charge in [0.15, 0.2) is 5.78 Å². The van der Waals surface area contributed by atoms with Crippen LogP contribution in [0.3, 0.4) is 0 Å². The number of anilines is 1. The zero-order chi connectivity index (χ0) is 14.5. The monoisotopic (exact) mass is 279 g/mol. The molecule has 0 bridgehead atoms. The van der Waals surface area contributed by atoms with Crippen LogP contribution in [0.4, 0.5) is 5.95 Å². The molecule has 0 unspecified atom stereocenters. The SMILES string of the molecule is O=C(/C=C/c1cnc(N2CCCC2)nc1)c1ccccc1. The maximum atomic E-state index is 12.0. The van der Waals surface area contributed by atoms with Crippen molar-refractivity contribution in [3.8, 4) is 0 Å². The van der Waals surface area contributed by atoms with Crippen molar-refractivity contribution in [2.24, 2.45) is 0 Å². The fourth-order valence-electron chi connectivity index (χ4n) is 2.37. The highest BCUT2D eigenvalue weighted by molar-refractivity contribution is 6.06. The first-order valence-electron chi connectivity index (χ1n) is 7.17. The minimum atomic E-state index is -0.0146. The molecule has 3 rings (SSSR count). The molecule has 2 heterocycles. The van der Waals surface area contributed by atoms with E-state index in [4.69, 9.17) is 0 Å². The number of carbonyl (C=O) groups excluding carboxylic acids is 1. The van der Waals surface area contributed by atoms with Crippen molar-refractivity contribution in [1.29, 1.82) is 0 Å². The fraction of sp³-hybridized carbons (Fsp3) is 0.235. The second-order valence-corrected chi connectivity index (χ2v) is 5.07. The second-order valence-electron chi connectivity index (χ2n) is 5.07. The van der Waals surface area contributed by atoms with Crippen LogP contribution in [-0.4, -0.2) is 28.8 Å². The average Bonchev–Trinajstić information content (AvgIpc) is 3.08. The molecule has 1 fully saturated rings. The van der Waals surface area contributed by atoms with Gasteiger partial charge in [0.1, 0.15) is 0 Å². The number of aromatic nitrogens is 2. The topological polar surface area (TPSA) is 46.1 Å². The van der Waals surface area contributed by atoms with E-state index in [-0.39, 0.29) is 5.78 Å². The lowest BCUT2D eigenvalue weighted by Crippen LogP contribution is -2.20. The molecule has 1 aliphatic rings. The Labute approximate surface area is 124 Å². The molecule has 4 heteroatoms. The lowest BCUT2D eigenvalue weighted by atomic mass is 10.1. The van der Waals surface area contributed by atoms with E-state index in [2.05, 4.69) is 14.9 Å². The molecule has 1 aromatic carbocycles. The van der Waals surface area contributed by atoms with Crippen LogP contribution in [0.25, 0.3) is 6.08 Å². The molecule has 21 heavy (non-hydrogen) atoms. The van der Waals surface area contributed by atoms with Crippen LogP contribution in [0.5, 0.6) is 0 Å². The number of hydrogen-bond donors (Lipinski definition) is 0. The highest BCUT2D eigenvalue weighted by Crippen LogP contribution is 2.15. The standard InChI is InChI=1S/C17H17N3O/c21-16(15-6-2-1-3-7-15)9-8-14-12-18-17(19-13-14)20-10-4-5-11-20/h1-3,6-9,12-13H,4-5,10-11H2/b9-8+. The Bertz CT molecular complexity index is 629. The molecule has 0 aliphatic carbocycles. The summed E-state index contributed by atoms with van der Waals surface area (Å²) in [4.78, 5) is 22.9. The smallest absolute Gasteiger partial charge is 0.225 e. The summed E-state index contributed by atoms with van der Waals surface area (Å²) in [6.45, 7) is 2.06. The third kappa shape index (κ3) is 3.34. The van der Waals surface area contributed by atoms with E-state index in [0.717, 1.165) is 24.6 Å². The van der Waals surface area contributed by atoms with Gasteiger partial charge in [-0.2, -0.15) is 0 Å². The first-order chi connectivity index (χ1) is 10.3. The summed E-state index contributed by atoms with van der Waals surface area (Å²) in [6, 6.07) is 9.22. The maximum Gasteiger partial charge on any atom is 0.225 e. The number of hydrogen-bond acceptors (Lipinski definition) is 4. The summed E-state index contributed by atoms with van der Waals surface area (Å²) in [7, 11) is 0. The van der Waals surface area contributed by atoms with E-state index >= 15 is 0 Å². The molecule has 4 nitrogen and oxygen atoms in total. The van der Waals surface area contributed by atoms with Gasteiger partial charge >= 0.3 is 0 Å². The summed E-state index contributed by atoms with van der Waals surface area (Å²) in [5.41, 5.74) is 1.52.